The molecule has 0 bridgehead atoms. The summed E-state index contributed by atoms with van der Waals surface area (Å²) in [5.74, 6) is 0.646. The zero-order valence-electron chi connectivity index (χ0n) is 15.2. The Morgan fingerprint density at radius 2 is 2.07 bits per heavy atom. The first-order valence-corrected chi connectivity index (χ1v) is 10.1. The summed E-state index contributed by atoms with van der Waals surface area (Å²) in [4.78, 5) is 27.6. The molecule has 0 aliphatic carbocycles. The maximum absolute atomic E-state index is 12.5. The molecule has 3 rings (SSSR count). The van der Waals surface area contributed by atoms with Crippen LogP contribution in [-0.4, -0.2) is 49.0 Å². The van der Waals surface area contributed by atoms with E-state index >= 15 is 0 Å². The largest absolute Gasteiger partial charge is 0.494 e. The molecular weight excluding hydrogens is 362 g/mol. The van der Waals surface area contributed by atoms with E-state index in [1.165, 1.54) is 11.3 Å². The Morgan fingerprint density at radius 3 is 2.78 bits per heavy atom. The predicted octanol–water partition coefficient (Wildman–Crippen LogP) is 2.51. The van der Waals surface area contributed by atoms with Crippen molar-refractivity contribution >= 4 is 23.2 Å². The van der Waals surface area contributed by atoms with E-state index in [-0.39, 0.29) is 17.9 Å². The van der Waals surface area contributed by atoms with Gasteiger partial charge in [-0.05, 0) is 61.5 Å². The van der Waals surface area contributed by atoms with Gasteiger partial charge in [0.05, 0.1) is 11.5 Å². The lowest BCUT2D eigenvalue weighted by Gasteiger charge is -2.33. The van der Waals surface area contributed by atoms with Crippen molar-refractivity contribution in [1.29, 1.82) is 0 Å². The van der Waals surface area contributed by atoms with Gasteiger partial charge in [0.1, 0.15) is 5.75 Å². The molecule has 0 spiro atoms. The normalized spacial score (nSPS) is 16.8. The number of rotatable bonds is 7. The second-order valence-electron chi connectivity index (χ2n) is 6.56. The summed E-state index contributed by atoms with van der Waals surface area (Å²) < 4.78 is 5.55. The Balaban J connectivity index is 1.53. The van der Waals surface area contributed by atoms with E-state index in [0.29, 0.717) is 25.3 Å². The summed E-state index contributed by atoms with van der Waals surface area (Å²) in [5, 5.41) is 4.95. The first-order valence-electron chi connectivity index (χ1n) is 9.24. The molecule has 1 saturated heterocycles. The standard InChI is InChI=1S/C20H25N3O3S/c21-10-3-12-26-17-8-6-15(7-9-17)19(24)22-16-4-1-11-23(14-16)20(25)18-5-2-13-27-18/h2,5-9,13,16H,1,3-4,10-12,14,21H2,(H,22,24)/t16-/m1/s1. The molecule has 144 valence electrons. The van der Waals surface area contributed by atoms with Gasteiger partial charge in [-0.3, -0.25) is 9.59 Å². The van der Waals surface area contributed by atoms with Crippen LogP contribution in [0.1, 0.15) is 39.3 Å². The molecule has 1 aliphatic heterocycles. The molecule has 1 atom stereocenters. The minimum atomic E-state index is -0.126. The number of nitrogens with zero attached hydrogens (tertiary/aromatic N) is 1. The van der Waals surface area contributed by atoms with Crippen LogP contribution in [0.3, 0.4) is 0 Å². The van der Waals surface area contributed by atoms with Crippen molar-refractivity contribution < 1.29 is 14.3 Å². The van der Waals surface area contributed by atoms with Crippen LogP contribution in [0.4, 0.5) is 0 Å². The van der Waals surface area contributed by atoms with Crippen LogP contribution >= 0.6 is 11.3 Å². The van der Waals surface area contributed by atoms with Crippen LogP contribution in [0.15, 0.2) is 41.8 Å². The average molecular weight is 388 g/mol. The number of carbonyl (C=O) groups excluding carboxylic acids is 2. The number of nitrogens with two attached hydrogens (primary N) is 1. The minimum absolute atomic E-state index is 0.0318. The number of amides is 2. The van der Waals surface area contributed by atoms with Crippen LogP contribution in [0.5, 0.6) is 5.75 Å². The summed E-state index contributed by atoms with van der Waals surface area (Å²) in [6.45, 7) is 2.44. The molecular formula is C20H25N3O3S. The zero-order valence-corrected chi connectivity index (χ0v) is 16.0. The SMILES string of the molecule is NCCCOc1ccc(C(=O)N[C@@H]2CCCN(C(=O)c3cccs3)C2)cc1. The number of thiophene rings is 1. The molecule has 3 N–H and O–H groups in total. The third-order valence-electron chi connectivity index (χ3n) is 4.51. The highest BCUT2D eigenvalue weighted by molar-refractivity contribution is 7.12. The molecule has 1 fully saturated rings. The molecule has 7 heteroatoms. The van der Waals surface area contributed by atoms with Crippen molar-refractivity contribution in [1.82, 2.24) is 10.2 Å². The van der Waals surface area contributed by atoms with E-state index in [9.17, 15) is 9.59 Å². The molecule has 2 aromatic rings. The molecule has 0 radical (unpaired) electrons. The topological polar surface area (TPSA) is 84.7 Å². The average Bonchev–Trinajstić information content (AvgIpc) is 3.23. The Labute approximate surface area is 163 Å². The van der Waals surface area contributed by atoms with Gasteiger partial charge in [0.15, 0.2) is 0 Å². The minimum Gasteiger partial charge on any atom is -0.494 e. The number of ether oxygens (including phenoxy) is 1. The Kier molecular flexibility index (Phi) is 6.84. The number of likely N-dealkylation sites (tertiary alicyclic amines) is 1. The first kappa shape index (κ1) is 19.4. The van der Waals surface area contributed by atoms with Gasteiger partial charge in [-0.15, -0.1) is 11.3 Å². The number of carbonyl (C=O) groups is 2. The maximum Gasteiger partial charge on any atom is 0.263 e. The van der Waals surface area contributed by atoms with Crippen molar-refractivity contribution in [3.8, 4) is 5.75 Å². The Morgan fingerprint density at radius 1 is 1.26 bits per heavy atom. The van der Waals surface area contributed by atoms with Crippen molar-refractivity contribution in [3.63, 3.8) is 0 Å². The summed E-state index contributed by atoms with van der Waals surface area (Å²) in [6, 6.07) is 10.8. The molecule has 1 aromatic heterocycles. The summed E-state index contributed by atoms with van der Waals surface area (Å²) in [6.07, 6.45) is 2.56. The highest BCUT2D eigenvalue weighted by Gasteiger charge is 2.26. The molecule has 27 heavy (non-hydrogen) atoms. The van der Waals surface area contributed by atoms with Crippen LogP contribution in [0.25, 0.3) is 0 Å². The van der Waals surface area contributed by atoms with E-state index in [1.807, 2.05) is 22.4 Å². The van der Waals surface area contributed by atoms with Crippen molar-refractivity contribution in [2.24, 2.45) is 5.73 Å². The van der Waals surface area contributed by atoms with Gasteiger partial charge in [-0.2, -0.15) is 0 Å². The fourth-order valence-electron chi connectivity index (χ4n) is 3.08. The predicted molar refractivity (Wildman–Crippen MR) is 106 cm³/mol. The van der Waals surface area contributed by atoms with Crippen LogP contribution in [-0.2, 0) is 0 Å². The third kappa shape index (κ3) is 5.30. The highest BCUT2D eigenvalue weighted by Crippen LogP contribution is 2.18. The van der Waals surface area contributed by atoms with E-state index < -0.39 is 0 Å². The third-order valence-corrected chi connectivity index (χ3v) is 5.37. The quantitative estimate of drug-likeness (QED) is 0.715. The van der Waals surface area contributed by atoms with E-state index in [1.54, 1.807) is 24.3 Å². The van der Waals surface area contributed by atoms with Gasteiger partial charge in [0.2, 0.25) is 0 Å². The van der Waals surface area contributed by atoms with Crippen molar-refractivity contribution in [2.45, 2.75) is 25.3 Å². The second kappa shape index (κ2) is 9.53. The number of hydrogen-bond donors (Lipinski definition) is 2. The monoisotopic (exact) mass is 387 g/mol. The zero-order chi connectivity index (χ0) is 19.1. The molecule has 2 heterocycles. The highest BCUT2D eigenvalue weighted by atomic mass is 32.1. The van der Waals surface area contributed by atoms with Gasteiger partial charge in [0, 0.05) is 24.7 Å². The molecule has 2 amide bonds. The van der Waals surface area contributed by atoms with Gasteiger partial charge in [-0.1, -0.05) is 6.07 Å². The van der Waals surface area contributed by atoms with Crippen LogP contribution in [0, 0.1) is 0 Å². The second-order valence-corrected chi connectivity index (χ2v) is 7.50. The molecule has 6 nitrogen and oxygen atoms in total. The molecule has 0 unspecified atom stereocenters. The van der Waals surface area contributed by atoms with Crippen LogP contribution in [0.2, 0.25) is 0 Å². The fourth-order valence-corrected chi connectivity index (χ4v) is 3.77. The maximum atomic E-state index is 12.5. The van der Waals surface area contributed by atoms with Gasteiger partial charge in [0.25, 0.3) is 11.8 Å². The van der Waals surface area contributed by atoms with Gasteiger partial charge >= 0.3 is 0 Å². The lowest BCUT2D eigenvalue weighted by molar-refractivity contribution is 0.0680. The lowest BCUT2D eigenvalue weighted by atomic mass is 10.0. The molecule has 1 aromatic carbocycles. The number of nitrogens with one attached hydrogen (secondary N) is 1. The fraction of sp³-hybridized carbons (Fsp3) is 0.400. The van der Waals surface area contributed by atoms with E-state index in [4.69, 9.17) is 10.5 Å². The van der Waals surface area contributed by atoms with E-state index in [0.717, 1.165) is 36.4 Å². The smallest absolute Gasteiger partial charge is 0.263 e. The lowest BCUT2D eigenvalue weighted by Crippen LogP contribution is -2.49. The van der Waals surface area contributed by atoms with Crippen LogP contribution < -0.4 is 15.8 Å². The Bertz CT molecular complexity index is 746. The summed E-state index contributed by atoms with van der Waals surface area (Å²) in [5.41, 5.74) is 6.03. The summed E-state index contributed by atoms with van der Waals surface area (Å²) in [7, 11) is 0. The molecule has 1 aliphatic rings. The van der Waals surface area contributed by atoms with Gasteiger partial charge < -0.3 is 20.7 Å². The number of hydrogen-bond acceptors (Lipinski definition) is 5. The Hall–Kier alpha value is -2.38. The first-order chi connectivity index (χ1) is 13.2. The summed E-state index contributed by atoms with van der Waals surface area (Å²) >= 11 is 1.45. The number of benzene rings is 1. The van der Waals surface area contributed by atoms with Gasteiger partial charge in [-0.25, -0.2) is 0 Å². The van der Waals surface area contributed by atoms with E-state index in [2.05, 4.69) is 5.32 Å². The number of piperidine rings is 1. The molecule has 0 saturated carbocycles. The van der Waals surface area contributed by atoms with Crippen molar-refractivity contribution in [2.75, 3.05) is 26.2 Å². The van der Waals surface area contributed by atoms with Crippen molar-refractivity contribution in [3.05, 3.63) is 52.2 Å².